The van der Waals surface area contributed by atoms with Crippen LogP contribution in [-0.2, 0) is 13.0 Å². The molecule has 0 bridgehead atoms. The zero-order valence-corrected chi connectivity index (χ0v) is 11.8. The highest BCUT2D eigenvalue weighted by molar-refractivity contribution is 6.30. The molecule has 0 N–H and O–H groups in total. The highest BCUT2D eigenvalue weighted by Gasteiger charge is 2.04. The summed E-state index contributed by atoms with van der Waals surface area (Å²) in [5.74, 6) is 0.769. The quantitative estimate of drug-likeness (QED) is 0.579. The first-order valence-corrected chi connectivity index (χ1v) is 6.67. The van der Waals surface area contributed by atoms with E-state index in [1.807, 2.05) is 36.4 Å². The predicted molar refractivity (Wildman–Crippen MR) is 81.5 cm³/mol. The molecule has 0 radical (unpaired) electrons. The van der Waals surface area contributed by atoms with Crippen LogP contribution in [0.3, 0.4) is 0 Å². The van der Waals surface area contributed by atoms with Crippen molar-refractivity contribution in [3.63, 3.8) is 0 Å². The Hall–Kier alpha value is -2.06. The molecule has 0 aliphatic rings. The van der Waals surface area contributed by atoms with Crippen molar-refractivity contribution < 1.29 is 9.53 Å². The summed E-state index contributed by atoms with van der Waals surface area (Å²) < 4.78 is 5.81. The van der Waals surface area contributed by atoms with Crippen LogP contribution in [0.5, 0.6) is 5.75 Å². The van der Waals surface area contributed by atoms with Gasteiger partial charge in [0, 0.05) is 10.6 Å². The molecule has 0 aliphatic heterocycles. The van der Waals surface area contributed by atoms with E-state index in [-0.39, 0.29) is 0 Å². The number of hydrogen-bond acceptors (Lipinski definition) is 2. The first-order valence-electron chi connectivity index (χ1n) is 6.29. The van der Waals surface area contributed by atoms with E-state index >= 15 is 0 Å². The van der Waals surface area contributed by atoms with E-state index in [0.717, 1.165) is 23.2 Å². The molecule has 0 aliphatic carbocycles. The first kappa shape index (κ1) is 14.4. The summed E-state index contributed by atoms with van der Waals surface area (Å²) in [6, 6.07) is 12.9. The van der Waals surface area contributed by atoms with Gasteiger partial charge in [-0.1, -0.05) is 29.8 Å². The average Bonchev–Trinajstić information content (AvgIpc) is 2.48. The van der Waals surface area contributed by atoms with E-state index in [2.05, 4.69) is 6.58 Å². The standard InChI is InChI=1S/C17H15ClO2/c1-2-3-15-10-14(11-19)6-9-17(15)20-12-13-4-7-16(18)8-5-13/h2,4-11H,1,3,12H2. The summed E-state index contributed by atoms with van der Waals surface area (Å²) >= 11 is 5.84. The molecule has 0 heterocycles. The number of ether oxygens (including phenoxy) is 1. The minimum atomic E-state index is 0.460. The van der Waals surface area contributed by atoms with Crippen LogP contribution in [0.1, 0.15) is 21.5 Å². The second kappa shape index (κ2) is 6.92. The van der Waals surface area contributed by atoms with Crippen molar-refractivity contribution in [3.05, 3.63) is 76.8 Å². The van der Waals surface area contributed by atoms with Crippen molar-refractivity contribution >= 4 is 17.9 Å². The van der Waals surface area contributed by atoms with Crippen molar-refractivity contribution in [2.75, 3.05) is 0 Å². The number of benzene rings is 2. The normalized spacial score (nSPS) is 10.1. The summed E-state index contributed by atoms with van der Waals surface area (Å²) in [6.07, 6.45) is 3.28. The third-order valence-electron chi connectivity index (χ3n) is 2.89. The lowest BCUT2D eigenvalue weighted by Crippen LogP contribution is -1.99. The number of halogens is 1. The molecule has 2 aromatic carbocycles. The second-order valence-corrected chi connectivity index (χ2v) is 4.83. The number of rotatable bonds is 6. The third-order valence-corrected chi connectivity index (χ3v) is 3.14. The molecule has 2 aromatic rings. The van der Waals surface area contributed by atoms with Crippen LogP contribution in [0.4, 0.5) is 0 Å². The number of aldehydes is 1. The molecule has 0 saturated heterocycles. The highest BCUT2D eigenvalue weighted by Crippen LogP contribution is 2.22. The topological polar surface area (TPSA) is 26.3 Å². The van der Waals surface area contributed by atoms with Crippen molar-refractivity contribution in [2.45, 2.75) is 13.0 Å². The van der Waals surface area contributed by atoms with Crippen LogP contribution < -0.4 is 4.74 Å². The molecule has 20 heavy (non-hydrogen) atoms. The van der Waals surface area contributed by atoms with E-state index in [4.69, 9.17) is 16.3 Å². The molecule has 0 amide bonds. The Labute approximate surface area is 123 Å². The zero-order valence-electron chi connectivity index (χ0n) is 11.0. The maximum Gasteiger partial charge on any atom is 0.150 e. The molecule has 2 nitrogen and oxygen atoms in total. The summed E-state index contributed by atoms with van der Waals surface area (Å²) in [6.45, 7) is 4.18. The Morgan fingerprint density at radius 1 is 1.15 bits per heavy atom. The van der Waals surface area contributed by atoms with Crippen LogP contribution in [0, 0.1) is 0 Å². The van der Waals surface area contributed by atoms with Crippen molar-refractivity contribution in [2.24, 2.45) is 0 Å². The van der Waals surface area contributed by atoms with Gasteiger partial charge in [-0.3, -0.25) is 4.79 Å². The lowest BCUT2D eigenvalue weighted by molar-refractivity contribution is 0.112. The molecule has 102 valence electrons. The predicted octanol–water partition coefficient (Wildman–Crippen LogP) is 4.46. The van der Waals surface area contributed by atoms with Gasteiger partial charge in [-0.25, -0.2) is 0 Å². The number of carbonyl (C=O) groups excluding carboxylic acids is 1. The van der Waals surface area contributed by atoms with Gasteiger partial charge in [-0.2, -0.15) is 0 Å². The molecular weight excluding hydrogens is 272 g/mol. The van der Waals surface area contributed by atoms with Gasteiger partial charge in [0.25, 0.3) is 0 Å². The van der Waals surface area contributed by atoms with Crippen LogP contribution >= 0.6 is 11.6 Å². The minimum absolute atomic E-state index is 0.460. The number of allylic oxidation sites excluding steroid dienone is 1. The lowest BCUT2D eigenvalue weighted by atomic mass is 10.1. The molecule has 0 aromatic heterocycles. The van der Waals surface area contributed by atoms with E-state index in [0.29, 0.717) is 23.6 Å². The summed E-state index contributed by atoms with van der Waals surface area (Å²) in [4.78, 5) is 10.8. The molecule has 0 fully saturated rings. The average molecular weight is 287 g/mol. The Bertz CT molecular complexity index is 603. The number of carbonyl (C=O) groups is 1. The maximum atomic E-state index is 10.8. The Balaban J connectivity index is 2.13. The van der Waals surface area contributed by atoms with Crippen molar-refractivity contribution in [1.29, 1.82) is 0 Å². The fourth-order valence-electron chi connectivity index (χ4n) is 1.87. The number of hydrogen-bond donors (Lipinski definition) is 0. The summed E-state index contributed by atoms with van der Waals surface area (Å²) in [7, 11) is 0. The van der Waals surface area contributed by atoms with Crippen LogP contribution in [-0.4, -0.2) is 6.29 Å². The van der Waals surface area contributed by atoms with Gasteiger partial charge in [0.1, 0.15) is 18.6 Å². The molecule has 0 atom stereocenters. The maximum absolute atomic E-state index is 10.8. The van der Waals surface area contributed by atoms with Crippen LogP contribution in [0.2, 0.25) is 5.02 Å². The van der Waals surface area contributed by atoms with Crippen LogP contribution in [0.25, 0.3) is 0 Å². The van der Waals surface area contributed by atoms with Gasteiger partial charge < -0.3 is 4.74 Å². The fourth-order valence-corrected chi connectivity index (χ4v) is 2.00. The van der Waals surface area contributed by atoms with E-state index in [1.54, 1.807) is 12.1 Å². The van der Waals surface area contributed by atoms with Crippen molar-refractivity contribution in [3.8, 4) is 5.75 Å². The van der Waals surface area contributed by atoms with Gasteiger partial charge >= 0.3 is 0 Å². The zero-order chi connectivity index (χ0) is 14.4. The van der Waals surface area contributed by atoms with Crippen LogP contribution in [0.15, 0.2) is 55.1 Å². The molecule has 3 heteroatoms. The molecule has 2 rings (SSSR count). The van der Waals surface area contributed by atoms with E-state index < -0.39 is 0 Å². The largest absolute Gasteiger partial charge is 0.489 e. The Morgan fingerprint density at radius 3 is 2.55 bits per heavy atom. The van der Waals surface area contributed by atoms with Gasteiger partial charge in [0.05, 0.1) is 0 Å². The van der Waals surface area contributed by atoms with E-state index in [9.17, 15) is 4.79 Å². The third kappa shape index (κ3) is 3.72. The molecule has 0 saturated carbocycles. The molecule has 0 spiro atoms. The van der Waals surface area contributed by atoms with Crippen molar-refractivity contribution in [1.82, 2.24) is 0 Å². The van der Waals surface area contributed by atoms with Gasteiger partial charge in [-0.05, 0) is 47.9 Å². The van der Waals surface area contributed by atoms with Gasteiger partial charge in [0.2, 0.25) is 0 Å². The summed E-state index contributed by atoms with van der Waals surface area (Å²) in [5, 5.41) is 0.705. The molecule has 0 unspecified atom stereocenters. The fraction of sp³-hybridized carbons (Fsp3) is 0.118. The van der Waals surface area contributed by atoms with Gasteiger partial charge in [-0.15, -0.1) is 6.58 Å². The Morgan fingerprint density at radius 2 is 1.90 bits per heavy atom. The SMILES string of the molecule is C=CCc1cc(C=O)ccc1OCc1ccc(Cl)cc1. The molecular formula is C17H15ClO2. The Kier molecular flexibility index (Phi) is 4.97. The monoisotopic (exact) mass is 286 g/mol. The highest BCUT2D eigenvalue weighted by atomic mass is 35.5. The smallest absolute Gasteiger partial charge is 0.150 e. The first-order chi connectivity index (χ1) is 9.72. The van der Waals surface area contributed by atoms with Gasteiger partial charge in [0.15, 0.2) is 0 Å². The lowest BCUT2D eigenvalue weighted by Gasteiger charge is -2.11. The summed E-state index contributed by atoms with van der Waals surface area (Å²) in [5.41, 5.74) is 2.64. The minimum Gasteiger partial charge on any atom is -0.489 e. The van der Waals surface area contributed by atoms with E-state index in [1.165, 1.54) is 0 Å². The second-order valence-electron chi connectivity index (χ2n) is 4.39.